The number of fused-ring (bicyclic) bond motifs is 3. The average Bonchev–Trinajstić information content (AvgIpc) is 2.36. The Morgan fingerprint density at radius 1 is 1.19 bits per heavy atom. The predicted molar refractivity (Wildman–Crippen MR) is 64.2 cm³/mol. The summed E-state index contributed by atoms with van der Waals surface area (Å²) in [5.41, 5.74) is 1.36. The van der Waals surface area contributed by atoms with E-state index in [1.54, 1.807) is 0 Å². The first-order valence-electron chi connectivity index (χ1n) is 6.30. The van der Waals surface area contributed by atoms with Crippen molar-refractivity contribution in [3.8, 4) is 0 Å². The Morgan fingerprint density at radius 3 is 2.62 bits per heavy atom. The van der Waals surface area contributed by atoms with Crippen LogP contribution in [-0.4, -0.2) is 23.8 Å². The molecule has 4 unspecified atom stereocenters. The van der Waals surface area contributed by atoms with Crippen LogP contribution in [0.15, 0.2) is 30.3 Å². The molecule has 2 aliphatic heterocycles. The van der Waals surface area contributed by atoms with E-state index in [0.29, 0.717) is 17.9 Å². The van der Waals surface area contributed by atoms with Crippen molar-refractivity contribution in [3.63, 3.8) is 0 Å². The summed E-state index contributed by atoms with van der Waals surface area (Å²) in [6, 6.07) is 10.9. The third kappa shape index (κ3) is 1.76. The molecule has 0 aromatic heterocycles. The van der Waals surface area contributed by atoms with E-state index in [-0.39, 0.29) is 6.10 Å². The Hall–Kier alpha value is -0.860. The molecule has 2 heterocycles. The first kappa shape index (κ1) is 10.3. The molecule has 2 heteroatoms. The molecule has 0 spiro atoms. The largest absolute Gasteiger partial charge is 0.391 e. The van der Waals surface area contributed by atoms with Crippen LogP contribution in [0.1, 0.15) is 18.4 Å². The SMILES string of the molecule is OC1C2CCC(CN2)C1Cc1ccccc1. The molecule has 16 heavy (non-hydrogen) atoms. The van der Waals surface area contributed by atoms with E-state index >= 15 is 0 Å². The lowest BCUT2D eigenvalue weighted by Gasteiger charge is -2.47. The van der Waals surface area contributed by atoms with Crippen LogP contribution in [-0.2, 0) is 6.42 Å². The van der Waals surface area contributed by atoms with E-state index in [4.69, 9.17) is 0 Å². The highest BCUT2D eigenvalue weighted by molar-refractivity contribution is 5.16. The van der Waals surface area contributed by atoms with Crippen molar-refractivity contribution in [2.45, 2.75) is 31.4 Å². The molecule has 1 saturated carbocycles. The molecule has 86 valence electrons. The fourth-order valence-electron chi connectivity index (χ4n) is 3.31. The van der Waals surface area contributed by atoms with E-state index in [1.807, 2.05) is 0 Å². The number of piperidine rings is 2. The zero-order chi connectivity index (χ0) is 11.0. The summed E-state index contributed by atoms with van der Waals surface area (Å²) in [6.45, 7) is 1.10. The summed E-state index contributed by atoms with van der Waals surface area (Å²) in [6.07, 6.45) is 3.32. The monoisotopic (exact) mass is 217 g/mol. The van der Waals surface area contributed by atoms with E-state index < -0.39 is 0 Å². The number of aliphatic hydroxyl groups is 1. The third-order valence-electron chi connectivity index (χ3n) is 4.26. The average molecular weight is 217 g/mol. The van der Waals surface area contributed by atoms with Crippen molar-refractivity contribution in [2.75, 3.05) is 6.54 Å². The van der Waals surface area contributed by atoms with Crippen molar-refractivity contribution in [1.82, 2.24) is 5.32 Å². The Bertz CT molecular complexity index is 341. The second-order valence-corrected chi connectivity index (χ2v) is 5.20. The summed E-state index contributed by atoms with van der Waals surface area (Å²) in [5.74, 6) is 1.13. The fraction of sp³-hybridized carbons (Fsp3) is 0.571. The molecule has 0 amide bonds. The van der Waals surface area contributed by atoms with Crippen molar-refractivity contribution in [2.24, 2.45) is 11.8 Å². The predicted octanol–water partition coefficient (Wildman–Crippen LogP) is 1.59. The van der Waals surface area contributed by atoms with E-state index in [1.165, 1.54) is 12.0 Å². The number of hydrogen-bond acceptors (Lipinski definition) is 2. The lowest BCUT2D eigenvalue weighted by molar-refractivity contribution is -0.0284. The number of hydrogen-bond donors (Lipinski definition) is 2. The fourth-order valence-corrected chi connectivity index (χ4v) is 3.31. The highest BCUT2D eigenvalue weighted by atomic mass is 16.3. The molecule has 3 fully saturated rings. The van der Waals surface area contributed by atoms with Crippen LogP contribution < -0.4 is 5.32 Å². The molecule has 4 rings (SSSR count). The van der Waals surface area contributed by atoms with Gasteiger partial charge in [-0.1, -0.05) is 30.3 Å². The summed E-state index contributed by atoms with van der Waals surface area (Å²) in [7, 11) is 0. The Kier molecular flexibility index (Phi) is 2.70. The highest BCUT2D eigenvalue weighted by Gasteiger charge is 2.42. The van der Waals surface area contributed by atoms with Gasteiger partial charge >= 0.3 is 0 Å². The standard InChI is InChI=1S/C14H19NO/c16-14-12(8-10-4-2-1-3-5-10)11-6-7-13(14)15-9-11/h1-5,11-16H,6-9H2. The van der Waals surface area contributed by atoms with Crippen LogP contribution >= 0.6 is 0 Å². The van der Waals surface area contributed by atoms with E-state index in [0.717, 1.165) is 19.4 Å². The van der Waals surface area contributed by atoms with Gasteiger partial charge in [-0.15, -0.1) is 0 Å². The number of aliphatic hydroxyl groups excluding tert-OH is 1. The molecular weight excluding hydrogens is 198 g/mol. The minimum Gasteiger partial charge on any atom is -0.391 e. The van der Waals surface area contributed by atoms with Crippen LogP contribution in [0.2, 0.25) is 0 Å². The number of nitrogens with one attached hydrogen (secondary N) is 1. The molecule has 2 bridgehead atoms. The van der Waals surface area contributed by atoms with Crippen LogP contribution in [0, 0.1) is 11.8 Å². The Balaban J connectivity index is 1.75. The van der Waals surface area contributed by atoms with Crippen LogP contribution in [0.4, 0.5) is 0 Å². The van der Waals surface area contributed by atoms with Crippen LogP contribution in [0.25, 0.3) is 0 Å². The zero-order valence-electron chi connectivity index (χ0n) is 9.47. The van der Waals surface area contributed by atoms with Gasteiger partial charge in [0.25, 0.3) is 0 Å². The summed E-state index contributed by atoms with van der Waals surface area (Å²) < 4.78 is 0. The second kappa shape index (κ2) is 4.19. The maximum Gasteiger partial charge on any atom is 0.0727 e. The van der Waals surface area contributed by atoms with Gasteiger partial charge in [-0.05, 0) is 43.2 Å². The Morgan fingerprint density at radius 2 is 2.00 bits per heavy atom. The maximum absolute atomic E-state index is 10.3. The van der Waals surface area contributed by atoms with Crippen molar-refractivity contribution in [3.05, 3.63) is 35.9 Å². The van der Waals surface area contributed by atoms with Gasteiger partial charge in [0, 0.05) is 6.04 Å². The molecular formula is C14H19NO. The minimum absolute atomic E-state index is 0.146. The molecule has 2 N–H and O–H groups in total. The zero-order valence-corrected chi connectivity index (χ0v) is 9.47. The molecule has 3 aliphatic rings. The van der Waals surface area contributed by atoms with Gasteiger partial charge in [0.05, 0.1) is 6.10 Å². The van der Waals surface area contributed by atoms with Crippen LogP contribution in [0.3, 0.4) is 0 Å². The minimum atomic E-state index is -0.146. The van der Waals surface area contributed by atoms with Gasteiger partial charge in [-0.2, -0.15) is 0 Å². The molecule has 2 saturated heterocycles. The summed E-state index contributed by atoms with van der Waals surface area (Å²) >= 11 is 0. The summed E-state index contributed by atoms with van der Waals surface area (Å²) in [5, 5.41) is 13.7. The second-order valence-electron chi connectivity index (χ2n) is 5.20. The molecule has 2 nitrogen and oxygen atoms in total. The molecule has 1 aliphatic carbocycles. The molecule has 1 aromatic carbocycles. The van der Waals surface area contributed by atoms with Gasteiger partial charge in [0.15, 0.2) is 0 Å². The quantitative estimate of drug-likeness (QED) is 0.788. The van der Waals surface area contributed by atoms with Crippen molar-refractivity contribution >= 4 is 0 Å². The first-order valence-corrected chi connectivity index (χ1v) is 6.30. The third-order valence-corrected chi connectivity index (χ3v) is 4.26. The van der Waals surface area contributed by atoms with Gasteiger partial charge < -0.3 is 10.4 Å². The highest BCUT2D eigenvalue weighted by Crippen LogP contribution is 2.36. The Labute approximate surface area is 96.7 Å². The summed E-state index contributed by atoms with van der Waals surface area (Å²) in [4.78, 5) is 0. The lowest BCUT2D eigenvalue weighted by atomic mass is 9.69. The first-order chi connectivity index (χ1) is 7.84. The lowest BCUT2D eigenvalue weighted by Crippen LogP contribution is -2.58. The van der Waals surface area contributed by atoms with E-state index in [9.17, 15) is 5.11 Å². The normalized spacial score (nSPS) is 37.6. The maximum atomic E-state index is 10.3. The molecule has 0 radical (unpaired) electrons. The smallest absolute Gasteiger partial charge is 0.0727 e. The van der Waals surface area contributed by atoms with Gasteiger partial charge in [-0.3, -0.25) is 0 Å². The van der Waals surface area contributed by atoms with Gasteiger partial charge in [0.1, 0.15) is 0 Å². The van der Waals surface area contributed by atoms with Crippen molar-refractivity contribution in [1.29, 1.82) is 0 Å². The van der Waals surface area contributed by atoms with Crippen LogP contribution in [0.5, 0.6) is 0 Å². The van der Waals surface area contributed by atoms with Gasteiger partial charge in [-0.25, -0.2) is 0 Å². The molecule has 4 atom stereocenters. The topological polar surface area (TPSA) is 32.3 Å². The number of rotatable bonds is 2. The molecule has 1 aromatic rings. The van der Waals surface area contributed by atoms with Gasteiger partial charge in [0.2, 0.25) is 0 Å². The van der Waals surface area contributed by atoms with Crippen molar-refractivity contribution < 1.29 is 5.11 Å². The number of benzene rings is 1. The van der Waals surface area contributed by atoms with E-state index in [2.05, 4.69) is 35.6 Å².